The molecule has 1 heterocycles. The van der Waals surface area contributed by atoms with E-state index in [2.05, 4.69) is 16.2 Å². The van der Waals surface area contributed by atoms with Gasteiger partial charge in [0.05, 0.1) is 5.56 Å². The van der Waals surface area contributed by atoms with Crippen LogP contribution in [0.2, 0.25) is 0 Å². The van der Waals surface area contributed by atoms with Crippen molar-refractivity contribution in [3.8, 4) is 0 Å². The smallest absolute Gasteiger partial charge is 0.270 e. The number of nitrogens with one attached hydrogen (secondary N) is 3. The van der Waals surface area contributed by atoms with Crippen LogP contribution in [0.5, 0.6) is 0 Å². The lowest BCUT2D eigenvalue weighted by Crippen LogP contribution is -2.45. The van der Waals surface area contributed by atoms with E-state index in [0.717, 1.165) is 10.4 Å². The Balaban J connectivity index is 2.62. The minimum absolute atomic E-state index is 0.172. The summed E-state index contributed by atoms with van der Waals surface area (Å²) in [6, 6.07) is 0. The molecule has 4 nitrogen and oxygen atoms in total. The second kappa shape index (κ2) is 5.09. The second-order valence-electron chi connectivity index (χ2n) is 2.99. The molecule has 1 rings (SSSR count). The van der Waals surface area contributed by atoms with Crippen LogP contribution in [0.15, 0.2) is 5.38 Å². The van der Waals surface area contributed by atoms with Crippen molar-refractivity contribution in [3.63, 3.8) is 0 Å². The molecule has 0 saturated carbocycles. The zero-order valence-electron chi connectivity index (χ0n) is 8.80. The van der Waals surface area contributed by atoms with E-state index in [1.54, 1.807) is 18.4 Å². The van der Waals surface area contributed by atoms with Gasteiger partial charge in [-0.15, -0.1) is 11.3 Å². The number of amides is 1. The van der Waals surface area contributed by atoms with Gasteiger partial charge in [-0.2, -0.15) is 0 Å². The first-order chi connectivity index (χ1) is 7.06. The Morgan fingerprint density at radius 2 is 2.07 bits per heavy atom. The molecule has 1 amide bonds. The van der Waals surface area contributed by atoms with Gasteiger partial charge in [-0.3, -0.25) is 15.6 Å². The summed E-state index contributed by atoms with van der Waals surface area (Å²) in [5.41, 5.74) is 6.80. The van der Waals surface area contributed by atoms with Crippen LogP contribution in [-0.4, -0.2) is 18.1 Å². The number of carbonyl (C=O) groups is 1. The molecule has 0 aliphatic carbocycles. The van der Waals surface area contributed by atoms with Crippen molar-refractivity contribution < 1.29 is 4.79 Å². The van der Waals surface area contributed by atoms with Gasteiger partial charge in [-0.1, -0.05) is 0 Å². The van der Waals surface area contributed by atoms with Gasteiger partial charge >= 0.3 is 0 Å². The first-order valence-electron chi connectivity index (χ1n) is 4.39. The summed E-state index contributed by atoms with van der Waals surface area (Å²) in [4.78, 5) is 12.8. The number of aryl methyl sites for hydroxylation is 1. The lowest BCUT2D eigenvalue weighted by atomic mass is 10.2. The summed E-state index contributed by atoms with van der Waals surface area (Å²) in [7, 11) is 1.68. The highest BCUT2D eigenvalue weighted by Crippen LogP contribution is 2.19. The summed E-state index contributed by atoms with van der Waals surface area (Å²) in [5.74, 6) is -0.172. The quantitative estimate of drug-likeness (QED) is 0.511. The van der Waals surface area contributed by atoms with Crippen LogP contribution in [0, 0.1) is 13.8 Å². The molecule has 0 aliphatic rings. The molecule has 0 aliphatic heterocycles. The molecule has 15 heavy (non-hydrogen) atoms. The van der Waals surface area contributed by atoms with E-state index in [1.807, 2.05) is 19.2 Å². The van der Waals surface area contributed by atoms with Gasteiger partial charge in [0.2, 0.25) is 0 Å². The molecule has 1 aromatic rings. The molecule has 0 saturated heterocycles. The average Bonchev–Trinajstić information content (AvgIpc) is 2.56. The summed E-state index contributed by atoms with van der Waals surface area (Å²) in [6.45, 7) is 3.92. The number of rotatable bonds is 1. The lowest BCUT2D eigenvalue weighted by molar-refractivity contribution is 0.0943. The molecule has 0 unspecified atom stereocenters. The van der Waals surface area contributed by atoms with Crippen molar-refractivity contribution in [1.82, 2.24) is 16.2 Å². The van der Waals surface area contributed by atoms with Crippen LogP contribution < -0.4 is 16.2 Å². The van der Waals surface area contributed by atoms with E-state index in [9.17, 15) is 4.79 Å². The van der Waals surface area contributed by atoms with E-state index in [-0.39, 0.29) is 5.91 Å². The first-order valence-corrected chi connectivity index (χ1v) is 5.67. The predicted octanol–water partition coefficient (Wildman–Crippen LogP) is 1.10. The lowest BCUT2D eigenvalue weighted by Gasteiger charge is -2.08. The molecular formula is C9H13N3OS2. The molecule has 82 valence electrons. The van der Waals surface area contributed by atoms with E-state index in [4.69, 9.17) is 12.2 Å². The molecule has 0 atom stereocenters. The van der Waals surface area contributed by atoms with Crippen molar-refractivity contribution in [1.29, 1.82) is 0 Å². The maximum Gasteiger partial charge on any atom is 0.270 e. The van der Waals surface area contributed by atoms with Crippen molar-refractivity contribution in [3.05, 3.63) is 21.4 Å². The molecule has 0 fully saturated rings. The van der Waals surface area contributed by atoms with Crippen molar-refractivity contribution in [2.24, 2.45) is 0 Å². The van der Waals surface area contributed by atoms with Crippen LogP contribution in [0.3, 0.4) is 0 Å². The Kier molecular flexibility index (Phi) is 4.05. The number of carbonyl (C=O) groups excluding carboxylic acids is 1. The van der Waals surface area contributed by atoms with Gasteiger partial charge in [0.15, 0.2) is 5.11 Å². The van der Waals surface area contributed by atoms with E-state index in [0.29, 0.717) is 10.7 Å². The van der Waals surface area contributed by atoms with E-state index in [1.165, 1.54) is 0 Å². The first kappa shape index (κ1) is 11.9. The fraction of sp³-hybridized carbons (Fsp3) is 0.333. The maximum atomic E-state index is 11.6. The molecule has 0 bridgehead atoms. The third-order valence-electron chi connectivity index (χ3n) is 2.05. The van der Waals surface area contributed by atoms with Crippen LogP contribution in [0.25, 0.3) is 0 Å². The predicted molar refractivity (Wildman–Crippen MR) is 66.1 cm³/mol. The minimum atomic E-state index is -0.172. The third kappa shape index (κ3) is 2.90. The highest BCUT2D eigenvalue weighted by molar-refractivity contribution is 7.80. The molecule has 0 spiro atoms. The monoisotopic (exact) mass is 243 g/mol. The van der Waals surface area contributed by atoms with Crippen LogP contribution in [0.1, 0.15) is 20.8 Å². The standard InChI is InChI=1S/C9H13N3OS2/c1-5-6(2)15-4-7(5)8(13)11-12-9(14)10-3/h4H,1-3H3,(H,11,13)(H2,10,12,14). The van der Waals surface area contributed by atoms with E-state index < -0.39 is 0 Å². The zero-order valence-corrected chi connectivity index (χ0v) is 10.4. The van der Waals surface area contributed by atoms with Gasteiger partial charge in [-0.05, 0) is 31.6 Å². The fourth-order valence-corrected chi connectivity index (χ4v) is 1.90. The van der Waals surface area contributed by atoms with Crippen LogP contribution >= 0.6 is 23.6 Å². The zero-order chi connectivity index (χ0) is 11.4. The van der Waals surface area contributed by atoms with Crippen molar-refractivity contribution in [2.75, 3.05) is 7.05 Å². The molecule has 6 heteroatoms. The van der Waals surface area contributed by atoms with Crippen molar-refractivity contribution >= 4 is 34.6 Å². The van der Waals surface area contributed by atoms with Gasteiger partial charge in [0.25, 0.3) is 5.91 Å². The SMILES string of the molecule is CNC(=S)NNC(=O)c1csc(C)c1C. The number of hydrogen-bond donors (Lipinski definition) is 3. The Morgan fingerprint density at radius 3 is 2.53 bits per heavy atom. The molecule has 3 N–H and O–H groups in total. The van der Waals surface area contributed by atoms with Gasteiger partial charge in [0.1, 0.15) is 0 Å². The normalized spacial score (nSPS) is 9.53. The molecule has 0 aromatic carbocycles. The van der Waals surface area contributed by atoms with Gasteiger partial charge in [-0.25, -0.2) is 0 Å². The molecule has 1 aromatic heterocycles. The second-order valence-corrected chi connectivity index (χ2v) is 4.48. The summed E-state index contributed by atoms with van der Waals surface area (Å²) in [6.07, 6.45) is 0. The Labute approximate surface area is 98.0 Å². The average molecular weight is 243 g/mol. The molecule has 0 radical (unpaired) electrons. The Hall–Kier alpha value is -1.14. The topological polar surface area (TPSA) is 53.2 Å². The number of hydrazine groups is 1. The molecular weight excluding hydrogens is 230 g/mol. The number of thiophene rings is 1. The van der Waals surface area contributed by atoms with Gasteiger partial charge in [0, 0.05) is 17.3 Å². The fourth-order valence-electron chi connectivity index (χ4n) is 0.981. The number of thiocarbonyl (C=S) groups is 1. The van der Waals surface area contributed by atoms with Crippen LogP contribution in [-0.2, 0) is 0 Å². The van der Waals surface area contributed by atoms with Gasteiger partial charge < -0.3 is 5.32 Å². The number of hydrogen-bond acceptors (Lipinski definition) is 3. The van der Waals surface area contributed by atoms with E-state index >= 15 is 0 Å². The Morgan fingerprint density at radius 1 is 1.40 bits per heavy atom. The maximum absolute atomic E-state index is 11.6. The highest BCUT2D eigenvalue weighted by atomic mass is 32.1. The third-order valence-corrected chi connectivity index (χ3v) is 3.37. The van der Waals surface area contributed by atoms with Crippen molar-refractivity contribution in [2.45, 2.75) is 13.8 Å². The highest BCUT2D eigenvalue weighted by Gasteiger charge is 2.11. The largest absolute Gasteiger partial charge is 0.364 e. The minimum Gasteiger partial charge on any atom is -0.364 e. The summed E-state index contributed by atoms with van der Waals surface area (Å²) in [5, 5.41) is 4.92. The van der Waals surface area contributed by atoms with Crippen LogP contribution in [0.4, 0.5) is 0 Å². The summed E-state index contributed by atoms with van der Waals surface area (Å²) < 4.78 is 0. The summed E-state index contributed by atoms with van der Waals surface area (Å²) >= 11 is 6.39. The Bertz CT molecular complexity index is 387.